The number of benzene rings is 2. The first-order valence-corrected chi connectivity index (χ1v) is 10.6. The summed E-state index contributed by atoms with van der Waals surface area (Å²) in [4.78, 5) is 19.0. The summed E-state index contributed by atoms with van der Waals surface area (Å²) in [6.45, 7) is 5.03. The van der Waals surface area contributed by atoms with E-state index in [2.05, 4.69) is 15.5 Å². The van der Waals surface area contributed by atoms with E-state index in [1.807, 2.05) is 38.1 Å². The minimum absolute atomic E-state index is 0.244. The van der Waals surface area contributed by atoms with E-state index < -0.39 is 11.9 Å². The Labute approximate surface area is 191 Å². The number of halogens is 1. The van der Waals surface area contributed by atoms with Crippen LogP contribution in [0, 0.1) is 5.82 Å². The number of nitrogens with zero attached hydrogens (tertiary/aromatic N) is 3. The lowest BCUT2D eigenvalue weighted by Gasteiger charge is -2.35. The van der Waals surface area contributed by atoms with Gasteiger partial charge in [0, 0.05) is 18.4 Å². The number of amides is 2. The lowest BCUT2D eigenvalue weighted by Crippen LogP contribution is -2.47. The van der Waals surface area contributed by atoms with Crippen molar-refractivity contribution in [1.82, 2.24) is 20.4 Å². The fourth-order valence-electron chi connectivity index (χ4n) is 3.76. The highest BCUT2D eigenvalue weighted by atomic mass is 19.1. The molecule has 9 heteroatoms. The minimum atomic E-state index is -0.521. The molecule has 1 aromatic heterocycles. The van der Waals surface area contributed by atoms with Crippen LogP contribution >= 0.6 is 0 Å². The molecule has 0 aliphatic carbocycles. The number of ether oxygens (including phenoxy) is 2. The van der Waals surface area contributed by atoms with Gasteiger partial charge in [-0.15, -0.1) is 0 Å². The standard InChI is InChI=1S/C24H25FN4O4/c1-4-32-19-10-8-16(9-11-19)21-20(15(2)29(12-13-31-3)24(30)26-21)23-27-22(28-33-23)17-6-5-7-18(25)14-17/h5-11,14,21H,4,12-13H2,1-3H3,(H,26,30). The number of rotatable bonds is 8. The van der Waals surface area contributed by atoms with E-state index in [-0.39, 0.29) is 17.7 Å². The van der Waals surface area contributed by atoms with Crippen molar-refractivity contribution in [3.63, 3.8) is 0 Å². The highest BCUT2D eigenvalue weighted by Gasteiger charge is 2.35. The molecule has 1 N–H and O–H groups in total. The predicted octanol–water partition coefficient (Wildman–Crippen LogP) is 4.42. The average molecular weight is 452 g/mol. The molecule has 2 amide bonds. The molecule has 8 nitrogen and oxygen atoms in total. The molecule has 1 aliphatic rings. The van der Waals surface area contributed by atoms with Crippen molar-refractivity contribution in [2.24, 2.45) is 0 Å². The molecule has 33 heavy (non-hydrogen) atoms. The van der Waals surface area contributed by atoms with E-state index in [4.69, 9.17) is 14.0 Å². The first-order chi connectivity index (χ1) is 16.0. The molecule has 172 valence electrons. The molecule has 0 radical (unpaired) electrons. The van der Waals surface area contributed by atoms with Gasteiger partial charge >= 0.3 is 6.03 Å². The van der Waals surface area contributed by atoms with Gasteiger partial charge in [-0.2, -0.15) is 4.98 Å². The molecule has 1 atom stereocenters. The van der Waals surface area contributed by atoms with Crippen molar-refractivity contribution in [3.05, 3.63) is 71.5 Å². The van der Waals surface area contributed by atoms with Crippen molar-refractivity contribution in [1.29, 1.82) is 0 Å². The maximum Gasteiger partial charge on any atom is 0.322 e. The molecular formula is C24H25FN4O4. The van der Waals surface area contributed by atoms with Crippen LogP contribution in [-0.2, 0) is 4.74 Å². The average Bonchev–Trinajstić information content (AvgIpc) is 3.29. The third kappa shape index (κ3) is 4.73. The zero-order valence-electron chi connectivity index (χ0n) is 18.7. The monoisotopic (exact) mass is 452 g/mol. The van der Waals surface area contributed by atoms with Gasteiger partial charge in [0.15, 0.2) is 0 Å². The highest BCUT2D eigenvalue weighted by molar-refractivity contribution is 5.86. The zero-order valence-corrected chi connectivity index (χ0v) is 18.7. The SMILES string of the molecule is CCOc1ccc(C2NC(=O)N(CCOC)C(C)=C2c2nc(-c3cccc(F)c3)no2)cc1. The molecule has 4 rings (SSSR count). The Morgan fingerprint density at radius 2 is 2.00 bits per heavy atom. The normalized spacial score (nSPS) is 16.2. The van der Waals surface area contributed by atoms with Crippen LogP contribution in [0.5, 0.6) is 5.75 Å². The molecular weight excluding hydrogens is 427 g/mol. The van der Waals surface area contributed by atoms with Crippen LogP contribution in [0.2, 0.25) is 0 Å². The fraction of sp³-hybridized carbons (Fsp3) is 0.292. The topological polar surface area (TPSA) is 89.7 Å². The Morgan fingerprint density at radius 3 is 2.70 bits per heavy atom. The molecule has 1 aliphatic heterocycles. The van der Waals surface area contributed by atoms with Gasteiger partial charge in [0.05, 0.1) is 31.4 Å². The van der Waals surface area contributed by atoms with E-state index in [0.717, 1.165) is 11.3 Å². The van der Waals surface area contributed by atoms with E-state index >= 15 is 0 Å². The largest absolute Gasteiger partial charge is 0.494 e. The van der Waals surface area contributed by atoms with Gasteiger partial charge in [0.1, 0.15) is 11.6 Å². The maximum absolute atomic E-state index is 13.7. The molecule has 0 saturated heterocycles. The van der Waals surface area contributed by atoms with E-state index in [1.54, 1.807) is 24.1 Å². The van der Waals surface area contributed by atoms with Crippen LogP contribution in [0.15, 0.2) is 58.8 Å². The molecule has 3 aromatic rings. The van der Waals surface area contributed by atoms with Crippen LogP contribution in [0.4, 0.5) is 9.18 Å². The minimum Gasteiger partial charge on any atom is -0.494 e. The van der Waals surface area contributed by atoms with Gasteiger partial charge in [-0.3, -0.25) is 4.90 Å². The Bertz CT molecular complexity index is 1160. The zero-order chi connectivity index (χ0) is 23.4. The van der Waals surface area contributed by atoms with E-state index in [9.17, 15) is 9.18 Å². The molecule has 0 bridgehead atoms. The summed E-state index contributed by atoms with van der Waals surface area (Å²) in [5, 5.41) is 7.07. The summed E-state index contributed by atoms with van der Waals surface area (Å²) >= 11 is 0. The lowest BCUT2D eigenvalue weighted by atomic mass is 9.94. The quantitative estimate of drug-likeness (QED) is 0.544. The van der Waals surface area contributed by atoms with Crippen molar-refractivity contribution in [3.8, 4) is 17.1 Å². The van der Waals surface area contributed by atoms with Crippen molar-refractivity contribution in [2.45, 2.75) is 19.9 Å². The number of allylic oxidation sites excluding steroid dienone is 1. The number of nitrogens with one attached hydrogen (secondary N) is 1. The number of methoxy groups -OCH3 is 1. The summed E-state index contributed by atoms with van der Waals surface area (Å²) < 4.78 is 30.0. The number of aromatic nitrogens is 2. The van der Waals surface area contributed by atoms with Crippen LogP contribution < -0.4 is 10.1 Å². The lowest BCUT2D eigenvalue weighted by molar-refractivity contribution is 0.158. The van der Waals surface area contributed by atoms with Crippen LogP contribution in [-0.4, -0.2) is 47.9 Å². The van der Waals surface area contributed by atoms with Gasteiger partial charge in [0.25, 0.3) is 5.89 Å². The molecule has 0 fully saturated rings. The number of hydrogen-bond donors (Lipinski definition) is 1. The van der Waals surface area contributed by atoms with Crippen LogP contribution in [0.1, 0.15) is 31.3 Å². The van der Waals surface area contributed by atoms with Crippen LogP contribution in [0.3, 0.4) is 0 Å². The van der Waals surface area contributed by atoms with Crippen molar-refractivity contribution >= 4 is 11.6 Å². The maximum atomic E-state index is 13.7. The van der Waals surface area contributed by atoms with E-state index in [1.165, 1.54) is 12.1 Å². The Morgan fingerprint density at radius 1 is 1.21 bits per heavy atom. The number of hydrogen-bond acceptors (Lipinski definition) is 6. The van der Waals surface area contributed by atoms with Crippen LogP contribution in [0.25, 0.3) is 17.0 Å². The Balaban J connectivity index is 1.76. The molecule has 1 unspecified atom stereocenters. The van der Waals surface area contributed by atoms with Gasteiger partial charge in [-0.25, -0.2) is 9.18 Å². The van der Waals surface area contributed by atoms with Crippen molar-refractivity contribution < 1.29 is 23.2 Å². The van der Waals surface area contributed by atoms with Gasteiger partial charge in [0.2, 0.25) is 5.82 Å². The highest BCUT2D eigenvalue weighted by Crippen LogP contribution is 2.37. The second-order valence-electron chi connectivity index (χ2n) is 7.46. The summed E-state index contributed by atoms with van der Waals surface area (Å²) in [6.07, 6.45) is 0. The summed E-state index contributed by atoms with van der Waals surface area (Å²) in [7, 11) is 1.58. The smallest absolute Gasteiger partial charge is 0.322 e. The number of urea groups is 1. The van der Waals surface area contributed by atoms with Crippen molar-refractivity contribution in [2.75, 3.05) is 26.9 Å². The first-order valence-electron chi connectivity index (χ1n) is 10.6. The summed E-state index contributed by atoms with van der Waals surface area (Å²) in [5.41, 5.74) is 2.66. The third-order valence-corrected chi connectivity index (χ3v) is 5.38. The van der Waals surface area contributed by atoms with Gasteiger partial charge < -0.3 is 19.3 Å². The molecule has 0 saturated carbocycles. The fourth-order valence-corrected chi connectivity index (χ4v) is 3.76. The number of carbonyl (C=O) groups is 1. The summed E-state index contributed by atoms with van der Waals surface area (Å²) in [5.74, 6) is 0.847. The second kappa shape index (κ2) is 9.83. The van der Waals surface area contributed by atoms with E-state index in [0.29, 0.717) is 36.6 Å². The molecule has 2 heterocycles. The Kier molecular flexibility index (Phi) is 6.69. The van der Waals surface area contributed by atoms with Gasteiger partial charge in [-0.05, 0) is 43.7 Å². The predicted molar refractivity (Wildman–Crippen MR) is 120 cm³/mol. The first kappa shape index (κ1) is 22.5. The third-order valence-electron chi connectivity index (χ3n) is 5.38. The summed E-state index contributed by atoms with van der Waals surface area (Å²) in [6, 6.07) is 12.7. The molecule has 0 spiro atoms. The number of carbonyl (C=O) groups excluding carboxylic acids is 1. The Hall–Kier alpha value is -3.72. The second-order valence-corrected chi connectivity index (χ2v) is 7.46. The van der Waals surface area contributed by atoms with Gasteiger partial charge in [-0.1, -0.05) is 29.4 Å². The molecule has 2 aromatic carbocycles.